The SMILES string of the molecule is BrBr.BrBr.C[n+]1ccc(-c2cc[n+](C)cc2)cc1.[Br-].[Br-]. The predicted octanol–water partition coefficient (Wildman–Crippen LogP) is -1.61. The molecule has 114 valence electrons. The van der Waals surface area contributed by atoms with Crippen molar-refractivity contribution in [1.29, 1.82) is 0 Å². The zero-order valence-electron chi connectivity index (χ0n) is 10.8. The Morgan fingerprint density at radius 2 is 0.800 bits per heavy atom. The Kier molecular flexibility index (Phi) is 21.6. The molecule has 0 bridgehead atoms. The molecule has 0 saturated carbocycles. The van der Waals surface area contributed by atoms with Crippen LogP contribution in [0.4, 0.5) is 0 Å². The summed E-state index contributed by atoms with van der Waals surface area (Å²) in [6, 6.07) is 8.48. The van der Waals surface area contributed by atoms with Crippen molar-refractivity contribution < 1.29 is 43.1 Å². The summed E-state index contributed by atoms with van der Waals surface area (Å²) >= 11 is 11.0. The van der Waals surface area contributed by atoms with E-state index in [1.54, 1.807) is 0 Å². The van der Waals surface area contributed by atoms with E-state index in [-0.39, 0.29) is 34.0 Å². The maximum atomic E-state index is 2.75. The second-order valence-electron chi connectivity index (χ2n) is 3.50. The molecule has 2 aromatic heterocycles. The number of nitrogens with zero attached hydrogens (tertiary/aromatic N) is 2. The van der Waals surface area contributed by atoms with Gasteiger partial charge in [0.15, 0.2) is 24.8 Å². The first-order valence-electron chi connectivity index (χ1n) is 4.95. The summed E-state index contributed by atoms with van der Waals surface area (Å²) in [5, 5.41) is 0. The van der Waals surface area contributed by atoms with Gasteiger partial charge in [0.05, 0.1) is 0 Å². The van der Waals surface area contributed by atoms with Crippen molar-refractivity contribution in [3.8, 4) is 11.1 Å². The molecule has 2 aromatic rings. The van der Waals surface area contributed by atoms with Crippen molar-refractivity contribution in [3.63, 3.8) is 0 Å². The average molecular weight is 666 g/mol. The van der Waals surface area contributed by atoms with Crippen molar-refractivity contribution in [3.05, 3.63) is 49.1 Å². The second kappa shape index (κ2) is 16.5. The smallest absolute Gasteiger partial charge is 0.169 e. The van der Waals surface area contributed by atoms with Crippen LogP contribution >= 0.6 is 56.5 Å². The Morgan fingerprint density at radius 1 is 0.600 bits per heavy atom. The summed E-state index contributed by atoms with van der Waals surface area (Å²) in [6.07, 6.45) is 8.23. The van der Waals surface area contributed by atoms with Gasteiger partial charge in [-0.05, 0) is 11.1 Å². The average Bonchev–Trinajstić information content (AvgIpc) is 2.45. The lowest BCUT2D eigenvalue weighted by Gasteiger charge is -1.97. The molecule has 0 atom stereocenters. The monoisotopic (exact) mass is 660 g/mol. The van der Waals surface area contributed by atoms with Crippen LogP contribution in [-0.4, -0.2) is 0 Å². The standard InChI is InChI=1S/C12H14N2.2Br2.2BrH/c1-13-7-3-11(4-8-13)12-5-9-14(2)10-6-12;2*1-2;;/h3-10H,1-2H3;;;2*1H/q+2;;;;/p-2. The topological polar surface area (TPSA) is 7.76 Å². The number of aromatic nitrogens is 2. The molecule has 0 aliphatic heterocycles. The largest absolute Gasteiger partial charge is 1.00 e. The van der Waals surface area contributed by atoms with Crippen molar-refractivity contribution in [2.45, 2.75) is 0 Å². The quantitative estimate of drug-likeness (QED) is 0.325. The fourth-order valence-electron chi connectivity index (χ4n) is 1.39. The highest BCUT2D eigenvalue weighted by Crippen LogP contribution is 2.14. The number of halogens is 6. The summed E-state index contributed by atoms with van der Waals surface area (Å²) in [7, 11) is 4.05. The molecular weight excluding hydrogens is 652 g/mol. The number of rotatable bonds is 1. The molecule has 2 nitrogen and oxygen atoms in total. The molecule has 0 spiro atoms. The molecule has 0 saturated heterocycles. The van der Waals surface area contributed by atoms with Crippen LogP contribution in [-0.2, 0) is 14.1 Å². The van der Waals surface area contributed by atoms with E-state index in [1.165, 1.54) is 11.1 Å². The van der Waals surface area contributed by atoms with Crippen LogP contribution < -0.4 is 43.1 Å². The molecule has 2 rings (SSSR count). The van der Waals surface area contributed by atoms with E-state index < -0.39 is 0 Å². The maximum absolute atomic E-state index is 2.75. The van der Waals surface area contributed by atoms with E-state index in [0.717, 1.165) is 0 Å². The van der Waals surface area contributed by atoms with E-state index in [1.807, 2.05) is 23.2 Å². The van der Waals surface area contributed by atoms with Gasteiger partial charge in [0.25, 0.3) is 0 Å². The van der Waals surface area contributed by atoms with Gasteiger partial charge in [-0.15, -0.1) is 0 Å². The maximum Gasteiger partial charge on any atom is 0.169 e. The Bertz CT molecular complexity index is 389. The van der Waals surface area contributed by atoms with Crippen LogP contribution in [0.15, 0.2) is 49.1 Å². The van der Waals surface area contributed by atoms with Gasteiger partial charge in [0.1, 0.15) is 14.1 Å². The molecule has 0 N–H and O–H groups in total. The summed E-state index contributed by atoms with van der Waals surface area (Å²) in [6.45, 7) is 0. The molecule has 2 heterocycles. The van der Waals surface area contributed by atoms with Gasteiger partial charge >= 0.3 is 0 Å². The molecule has 20 heavy (non-hydrogen) atoms. The van der Waals surface area contributed by atoms with Crippen LogP contribution in [0.2, 0.25) is 0 Å². The van der Waals surface area contributed by atoms with Crippen molar-refractivity contribution >= 4 is 56.5 Å². The molecular formula is C12H14Br6N2. The lowest BCUT2D eigenvalue weighted by atomic mass is 10.1. The number of pyridine rings is 2. The number of aryl methyl sites for hydroxylation is 2. The van der Waals surface area contributed by atoms with Gasteiger partial charge in [-0.2, -0.15) is 0 Å². The summed E-state index contributed by atoms with van der Waals surface area (Å²) < 4.78 is 4.07. The fraction of sp³-hybridized carbons (Fsp3) is 0.167. The summed E-state index contributed by atoms with van der Waals surface area (Å²) in [5.74, 6) is 0. The molecule has 0 aliphatic rings. The minimum atomic E-state index is 0. The molecule has 0 aromatic carbocycles. The number of hydrogen-bond donors (Lipinski definition) is 0. The fourth-order valence-corrected chi connectivity index (χ4v) is 1.39. The zero-order chi connectivity index (χ0) is 14.0. The first-order chi connectivity index (χ1) is 8.75. The third kappa shape index (κ3) is 10.00. The molecule has 0 fully saturated rings. The van der Waals surface area contributed by atoms with E-state index in [0.29, 0.717) is 0 Å². The van der Waals surface area contributed by atoms with Gasteiger partial charge in [0.2, 0.25) is 0 Å². The Labute approximate surface area is 172 Å². The summed E-state index contributed by atoms with van der Waals surface area (Å²) in [4.78, 5) is 0. The third-order valence-corrected chi connectivity index (χ3v) is 2.29. The van der Waals surface area contributed by atoms with Gasteiger partial charge < -0.3 is 34.0 Å². The van der Waals surface area contributed by atoms with Crippen molar-refractivity contribution in [2.24, 2.45) is 14.1 Å². The normalized spacial score (nSPS) is 7.70. The minimum absolute atomic E-state index is 0. The third-order valence-electron chi connectivity index (χ3n) is 2.29. The van der Waals surface area contributed by atoms with Gasteiger partial charge in [-0.25, -0.2) is 9.13 Å². The molecule has 0 amide bonds. The Balaban J connectivity index is -0.000000444. The molecule has 0 aliphatic carbocycles. The summed E-state index contributed by atoms with van der Waals surface area (Å²) in [5.41, 5.74) is 2.51. The zero-order valence-corrected chi connectivity index (χ0v) is 20.3. The second-order valence-corrected chi connectivity index (χ2v) is 3.50. The first kappa shape index (κ1) is 26.1. The Morgan fingerprint density at radius 3 is 1.00 bits per heavy atom. The molecule has 0 radical (unpaired) electrons. The van der Waals surface area contributed by atoms with Crippen LogP contribution in [0.25, 0.3) is 11.1 Å². The van der Waals surface area contributed by atoms with Gasteiger partial charge in [-0.3, -0.25) is 0 Å². The van der Waals surface area contributed by atoms with Crippen LogP contribution in [0, 0.1) is 0 Å². The number of hydrogen-bond acceptors (Lipinski definition) is 0. The highest BCUT2D eigenvalue weighted by atomic mass is 80.9. The van der Waals surface area contributed by atoms with Gasteiger partial charge in [0, 0.05) is 80.8 Å². The van der Waals surface area contributed by atoms with Crippen molar-refractivity contribution in [2.75, 3.05) is 0 Å². The molecule has 0 unspecified atom stereocenters. The molecule has 8 heteroatoms. The van der Waals surface area contributed by atoms with Crippen LogP contribution in [0.1, 0.15) is 0 Å². The highest BCUT2D eigenvalue weighted by Gasteiger charge is 2.00. The lowest BCUT2D eigenvalue weighted by Crippen LogP contribution is -3.00. The van der Waals surface area contributed by atoms with E-state index in [9.17, 15) is 0 Å². The van der Waals surface area contributed by atoms with E-state index in [2.05, 4.69) is 106 Å². The van der Waals surface area contributed by atoms with Crippen LogP contribution in [0.5, 0.6) is 0 Å². The highest BCUT2D eigenvalue weighted by molar-refractivity contribution is 9.93. The minimum Gasteiger partial charge on any atom is -1.00 e. The van der Waals surface area contributed by atoms with E-state index in [4.69, 9.17) is 0 Å². The van der Waals surface area contributed by atoms with Gasteiger partial charge in [-0.1, -0.05) is 0 Å². The lowest BCUT2D eigenvalue weighted by molar-refractivity contribution is -0.671. The Hall–Kier alpha value is 1.18. The van der Waals surface area contributed by atoms with E-state index >= 15 is 0 Å². The predicted molar refractivity (Wildman–Crippen MR) is 89.9 cm³/mol. The first-order valence-corrected chi connectivity index (χ1v) is 12.4. The van der Waals surface area contributed by atoms with Crippen molar-refractivity contribution in [1.82, 2.24) is 0 Å². The van der Waals surface area contributed by atoms with Crippen LogP contribution in [0.3, 0.4) is 0 Å².